The molecule has 0 radical (unpaired) electrons. The van der Waals surface area contributed by atoms with Gasteiger partial charge in [-0.1, -0.05) is 48.7 Å². The topological polar surface area (TPSA) is 96.0 Å². The summed E-state index contributed by atoms with van der Waals surface area (Å²) in [5.41, 5.74) is 1.43. The Labute approximate surface area is 247 Å². The number of anilines is 1. The summed E-state index contributed by atoms with van der Waals surface area (Å²) in [6, 6.07) is 17.9. The highest BCUT2D eigenvalue weighted by atomic mass is 32.2. The Morgan fingerprint density at radius 1 is 1.00 bits per heavy atom. The van der Waals surface area contributed by atoms with Crippen LogP contribution in [0.15, 0.2) is 77.7 Å². The van der Waals surface area contributed by atoms with Crippen LogP contribution in [0.2, 0.25) is 0 Å². The largest absolute Gasteiger partial charge is 0.494 e. The summed E-state index contributed by atoms with van der Waals surface area (Å²) >= 11 is 0. The van der Waals surface area contributed by atoms with E-state index < -0.39 is 34.3 Å². The number of benzene rings is 3. The number of amides is 2. The molecule has 0 aromatic heterocycles. The predicted molar refractivity (Wildman–Crippen MR) is 160 cm³/mol. The average molecular weight is 596 g/mol. The Morgan fingerprint density at radius 2 is 1.64 bits per heavy atom. The van der Waals surface area contributed by atoms with E-state index in [9.17, 15) is 22.4 Å². The van der Waals surface area contributed by atoms with Crippen LogP contribution in [0.1, 0.15) is 50.7 Å². The molecule has 10 heteroatoms. The van der Waals surface area contributed by atoms with Gasteiger partial charge in [0.25, 0.3) is 10.0 Å². The zero-order valence-electron chi connectivity index (χ0n) is 24.3. The van der Waals surface area contributed by atoms with Gasteiger partial charge in [-0.25, -0.2) is 12.8 Å². The Balaban J connectivity index is 1.68. The molecule has 1 saturated carbocycles. The van der Waals surface area contributed by atoms with Crippen molar-refractivity contribution >= 4 is 27.5 Å². The van der Waals surface area contributed by atoms with Crippen LogP contribution in [0.4, 0.5) is 10.1 Å². The summed E-state index contributed by atoms with van der Waals surface area (Å²) in [6.07, 6.45) is 3.76. The molecule has 0 aliphatic heterocycles. The molecule has 0 heterocycles. The number of ether oxygens (including phenoxy) is 1. The van der Waals surface area contributed by atoms with Gasteiger partial charge in [0.1, 0.15) is 24.2 Å². The minimum atomic E-state index is -4.22. The molecule has 3 aromatic rings. The summed E-state index contributed by atoms with van der Waals surface area (Å²) in [4.78, 5) is 28.5. The van der Waals surface area contributed by atoms with Crippen molar-refractivity contribution in [3.8, 4) is 5.75 Å². The van der Waals surface area contributed by atoms with Crippen LogP contribution in [0.25, 0.3) is 0 Å². The Morgan fingerprint density at radius 3 is 2.26 bits per heavy atom. The lowest BCUT2D eigenvalue weighted by molar-refractivity contribution is -0.139. The molecule has 0 bridgehead atoms. The number of rotatable bonds is 12. The minimum absolute atomic E-state index is 0.0213. The summed E-state index contributed by atoms with van der Waals surface area (Å²) in [5.74, 6) is -0.992. The van der Waals surface area contributed by atoms with Crippen LogP contribution < -0.4 is 14.4 Å². The fourth-order valence-electron chi connectivity index (χ4n) is 5.03. The zero-order valence-corrected chi connectivity index (χ0v) is 25.1. The maximum atomic E-state index is 14.7. The van der Waals surface area contributed by atoms with E-state index in [0.717, 1.165) is 35.6 Å². The molecular formula is C32H38FN3O5S. The van der Waals surface area contributed by atoms with Gasteiger partial charge < -0.3 is 15.0 Å². The molecule has 0 saturated heterocycles. The quantitative estimate of drug-likeness (QED) is 0.310. The van der Waals surface area contributed by atoms with E-state index in [1.807, 2.05) is 13.8 Å². The SMILES string of the molecule is CCOc1ccc(S(=O)(=O)N(CC(=O)N(Cc2ccccc2F)C(C)C(=O)NC2CCCC2)c2ccc(C)cc2)cc1. The van der Waals surface area contributed by atoms with E-state index in [-0.39, 0.29) is 34.6 Å². The third-order valence-electron chi connectivity index (χ3n) is 7.49. The lowest BCUT2D eigenvalue weighted by atomic mass is 10.1. The molecule has 224 valence electrons. The number of hydrogen-bond acceptors (Lipinski definition) is 5. The summed E-state index contributed by atoms with van der Waals surface area (Å²) < 4.78 is 49.1. The number of nitrogens with zero attached hydrogens (tertiary/aromatic N) is 2. The van der Waals surface area contributed by atoms with E-state index in [0.29, 0.717) is 12.4 Å². The molecule has 1 unspecified atom stereocenters. The van der Waals surface area contributed by atoms with Crippen molar-refractivity contribution in [3.63, 3.8) is 0 Å². The number of carbonyl (C=O) groups excluding carboxylic acids is 2. The molecule has 1 fully saturated rings. The van der Waals surface area contributed by atoms with Crippen molar-refractivity contribution in [2.75, 3.05) is 17.5 Å². The van der Waals surface area contributed by atoms with E-state index in [2.05, 4.69) is 5.32 Å². The van der Waals surface area contributed by atoms with Gasteiger partial charge in [-0.3, -0.25) is 13.9 Å². The van der Waals surface area contributed by atoms with Gasteiger partial charge in [0.2, 0.25) is 11.8 Å². The van der Waals surface area contributed by atoms with Crippen LogP contribution in [-0.4, -0.2) is 50.4 Å². The normalized spacial score (nSPS) is 14.3. The highest BCUT2D eigenvalue weighted by molar-refractivity contribution is 7.92. The van der Waals surface area contributed by atoms with Crippen LogP contribution in [-0.2, 0) is 26.2 Å². The Bertz CT molecular complexity index is 1470. The van der Waals surface area contributed by atoms with E-state index in [4.69, 9.17) is 4.74 Å². The third-order valence-corrected chi connectivity index (χ3v) is 9.28. The highest BCUT2D eigenvalue weighted by Gasteiger charge is 2.33. The number of hydrogen-bond donors (Lipinski definition) is 1. The van der Waals surface area contributed by atoms with Crippen molar-refractivity contribution in [2.24, 2.45) is 0 Å². The standard InChI is InChI=1S/C32H38FN3O5S/c1-4-41-28-17-19-29(20-18-28)42(39,40)36(27-15-13-23(2)14-16-27)22-31(37)35(21-25-9-5-8-12-30(25)33)24(3)32(38)34-26-10-6-7-11-26/h5,8-9,12-20,24,26H,4,6-7,10-11,21-22H2,1-3H3,(H,34,38). The zero-order chi connectivity index (χ0) is 30.3. The fraction of sp³-hybridized carbons (Fsp3) is 0.375. The molecule has 3 aromatic carbocycles. The summed E-state index contributed by atoms with van der Waals surface area (Å²) in [6.45, 7) is 4.93. The Kier molecular flexibility index (Phi) is 10.2. The van der Waals surface area contributed by atoms with Gasteiger partial charge in [0.05, 0.1) is 17.2 Å². The molecule has 42 heavy (non-hydrogen) atoms. The number of aryl methyl sites for hydroxylation is 1. The summed E-state index contributed by atoms with van der Waals surface area (Å²) in [5, 5.41) is 3.01. The Hall–Kier alpha value is -3.92. The van der Waals surface area contributed by atoms with E-state index in [1.165, 1.54) is 23.1 Å². The lowest BCUT2D eigenvalue weighted by Gasteiger charge is -2.32. The molecular weight excluding hydrogens is 557 g/mol. The van der Waals surface area contributed by atoms with Gasteiger partial charge in [0, 0.05) is 18.2 Å². The van der Waals surface area contributed by atoms with Gasteiger partial charge in [-0.15, -0.1) is 0 Å². The van der Waals surface area contributed by atoms with Gasteiger partial charge in [-0.2, -0.15) is 0 Å². The van der Waals surface area contributed by atoms with Crippen molar-refractivity contribution in [2.45, 2.75) is 70.0 Å². The monoisotopic (exact) mass is 595 g/mol. The second kappa shape index (κ2) is 13.8. The molecule has 1 aliphatic carbocycles. The van der Waals surface area contributed by atoms with Gasteiger partial charge >= 0.3 is 0 Å². The van der Waals surface area contributed by atoms with Crippen molar-refractivity contribution in [1.29, 1.82) is 0 Å². The van der Waals surface area contributed by atoms with Crippen LogP contribution in [0.5, 0.6) is 5.75 Å². The van der Waals surface area contributed by atoms with Crippen molar-refractivity contribution in [1.82, 2.24) is 10.2 Å². The van der Waals surface area contributed by atoms with Gasteiger partial charge in [0.15, 0.2) is 0 Å². The number of halogens is 1. The molecule has 1 atom stereocenters. The summed E-state index contributed by atoms with van der Waals surface area (Å²) in [7, 11) is -4.22. The first-order valence-corrected chi connectivity index (χ1v) is 15.7. The van der Waals surface area contributed by atoms with Crippen LogP contribution in [0.3, 0.4) is 0 Å². The molecule has 2 amide bonds. The maximum Gasteiger partial charge on any atom is 0.264 e. The van der Waals surface area contributed by atoms with Gasteiger partial charge in [-0.05, 0) is 76.1 Å². The fourth-order valence-corrected chi connectivity index (χ4v) is 6.44. The maximum absolute atomic E-state index is 14.7. The third kappa shape index (κ3) is 7.47. The predicted octanol–water partition coefficient (Wildman–Crippen LogP) is 5.20. The molecule has 1 aliphatic rings. The second-order valence-corrected chi connectivity index (χ2v) is 12.4. The molecule has 0 spiro atoms. The second-order valence-electron chi connectivity index (χ2n) is 10.5. The lowest BCUT2D eigenvalue weighted by Crippen LogP contribution is -2.52. The average Bonchev–Trinajstić information content (AvgIpc) is 3.49. The van der Waals surface area contributed by atoms with Crippen LogP contribution in [0, 0.1) is 12.7 Å². The highest BCUT2D eigenvalue weighted by Crippen LogP contribution is 2.27. The first kappa shape index (κ1) is 31.0. The van der Waals surface area contributed by atoms with Crippen molar-refractivity contribution in [3.05, 3.63) is 89.7 Å². The minimum Gasteiger partial charge on any atom is -0.494 e. The first-order chi connectivity index (χ1) is 20.1. The van der Waals surface area contributed by atoms with E-state index >= 15 is 0 Å². The van der Waals surface area contributed by atoms with Crippen molar-refractivity contribution < 1.29 is 27.1 Å². The molecule has 8 nitrogen and oxygen atoms in total. The molecule has 4 rings (SSSR count). The van der Waals surface area contributed by atoms with E-state index in [1.54, 1.807) is 61.5 Å². The molecule has 1 N–H and O–H groups in total. The number of carbonyl (C=O) groups is 2. The first-order valence-electron chi connectivity index (χ1n) is 14.3. The number of nitrogens with one attached hydrogen (secondary N) is 1. The van der Waals surface area contributed by atoms with Crippen LogP contribution >= 0.6 is 0 Å². The smallest absolute Gasteiger partial charge is 0.264 e. The number of sulfonamides is 1.